The van der Waals surface area contributed by atoms with Crippen molar-refractivity contribution in [2.75, 3.05) is 11.5 Å². The molecule has 12 heavy (non-hydrogen) atoms. The summed E-state index contributed by atoms with van der Waals surface area (Å²) in [5.74, 6) is 3.99. The van der Waals surface area contributed by atoms with Crippen molar-refractivity contribution >= 4 is 17.5 Å². The summed E-state index contributed by atoms with van der Waals surface area (Å²) in [6.45, 7) is 1.71. The Morgan fingerprint density at radius 2 is 2.50 bits per heavy atom. The van der Waals surface area contributed by atoms with E-state index in [0.717, 1.165) is 18.8 Å². The minimum Gasteiger partial charge on any atom is -0.300 e. The van der Waals surface area contributed by atoms with Crippen molar-refractivity contribution in [2.45, 2.75) is 32.6 Å². The van der Waals surface area contributed by atoms with Crippen molar-refractivity contribution in [3.63, 3.8) is 0 Å². The molecule has 0 aromatic carbocycles. The normalized spacial score (nSPS) is 38.9. The molecule has 2 rings (SSSR count). The highest BCUT2D eigenvalue weighted by molar-refractivity contribution is 7.99. The van der Waals surface area contributed by atoms with Crippen LogP contribution >= 0.6 is 11.8 Å². The van der Waals surface area contributed by atoms with E-state index in [-0.39, 0.29) is 0 Å². The van der Waals surface area contributed by atoms with Crippen LogP contribution in [0.1, 0.15) is 32.6 Å². The van der Waals surface area contributed by atoms with Gasteiger partial charge in [0.15, 0.2) is 0 Å². The second-order valence-corrected chi connectivity index (χ2v) is 5.41. The zero-order valence-corrected chi connectivity index (χ0v) is 8.45. The van der Waals surface area contributed by atoms with E-state index in [1.54, 1.807) is 6.92 Å². The van der Waals surface area contributed by atoms with Crippen LogP contribution in [0.4, 0.5) is 0 Å². The first-order valence-corrected chi connectivity index (χ1v) is 5.96. The lowest BCUT2D eigenvalue weighted by molar-refractivity contribution is -0.117. The Morgan fingerprint density at radius 3 is 3.08 bits per heavy atom. The summed E-state index contributed by atoms with van der Waals surface area (Å²) in [6, 6.07) is 0. The van der Waals surface area contributed by atoms with E-state index in [9.17, 15) is 4.79 Å². The molecule has 0 bridgehead atoms. The Labute approximate surface area is 78.3 Å². The van der Waals surface area contributed by atoms with Gasteiger partial charge in [0.05, 0.1) is 0 Å². The van der Waals surface area contributed by atoms with Crippen LogP contribution in [0.15, 0.2) is 0 Å². The van der Waals surface area contributed by atoms with Crippen molar-refractivity contribution < 1.29 is 4.79 Å². The molecule has 2 atom stereocenters. The number of thioether (sulfide) groups is 1. The number of rotatable bonds is 3. The molecule has 0 aromatic rings. The van der Waals surface area contributed by atoms with Gasteiger partial charge in [0.1, 0.15) is 5.78 Å². The number of hydrogen-bond donors (Lipinski definition) is 0. The van der Waals surface area contributed by atoms with Gasteiger partial charge in [-0.1, -0.05) is 0 Å². The molecular formula is C10H16OS. The minimum absolute atomic E-state index is 0.364. The van der Waals surface area contributed by atoms with Gasteiger partial charge in [0.25, 0.3) is 0 Å². The fraction of sp³-hybridized carbons (Fsp3) is 0.900. The summed E-state index contributed by atoms with van der Waals surface area (Å²) in [5.41, 5.74) is 0.708. The van der Waals surface area contributed by atoms with Crippen LogP contribution in [-0.2, 0) is 4.79 Å². The smallest absolute Gasteiger partial charge is 0.129 e. The Morgan fingerprint density at radius 1 is 1.67 bits per heavy atom. The van der Waals surface area contributed by atoms with Crippen molar-refractivity contribution in [1.29, 1.82) is 0 Å². The predicted molar refractivity (Wildman–Crippen MR) is 52.4 cm³/mol. The zero-order valence-electron chi connectivity index (χ0n) is 7.64. The summed E-state index contributed by atoms with van der Waals surface area (Å²) < 4.78 is 0. The Kier molecular flexibility index (Phi) is 2.19. The van der Waals surface area contributed by atoms with E-state index in [4.69, 9.17) is 0 Å². The van der Waals surface area contributed by atoms with Gasteiger partial charge in [0.2, 0.25) is 0 Å². The fourth-order valence-electron chi connectivity index (χ4n) is 2.32. The van der Waals surface area contributed by atoms with E-state index < -0.39 is 0 Å². The van der Waals surface area contributed by atoms with Crippen LogP contribution in [0.3, 0.4) is 0 Å². The molecule has 2 heteroatoms. The average molecular weight is 184 g/mol. The highest BCUT2D eigenvalue weighted by Crippen LogP contribution is 2.62. The summed E-state index contributed by atoms with van der Waals surface area (Å²) >= 11 is 2.10. The second-order valence-electron chi connectivity index (χ2n) is 4.31. The average Bonchev–Trinajstić information content (AvgIpc) is 2.42. The summed E-state index contributed by atoms with van der Waals surface area (Å²) in [7, 11) is 0. The number of hydrogen-bond acceptors (Lipinski definition) is 2. The number of carbonyl (C=O) groups excluding carboxylic acids is 1. The van der Waals surface area contributed by atoms with Gasteiger partial charge in [-0.25, -0.2) is 0 Å². The Bertz CT molecular complexity index is 194. The third-order valence-electron chi connectivity index (χ3n) is 3.34. The monoisotopic (exact) mass is 184 g/mol. The van der Waals surface area contributed by atoms with Crippen molar-refractivity contribution in [1.82, 2.24) is 0 Å². The van der Waals surface area contributed by atoms with Crippen LogP contribution in [-0.4, -0.2) is 17.3 Å². The molecule has 2 fully saturated rings. The lowest BCUT2D eigenvalue weighted by atomic mass is 10.0. The minimum atomic E-state index is 0.364. The van der Waals surface area contributed by atoms with Gasteiger partial charge < -0.3 is 4.79 Å². The highest BCUT2D eigenvalue weighted by atomic mass is 32.2. The van der Waals surface area contributed by atoms with Crippen molar-refractivity contribution in [3.05, 3.63) is 0 Å². The molecule has 2 aliphatic rings. The first-order valence-electron chi connectivity index (χ1n) is 4.80. The molecule has 1 heterocycles. The molecular weight excluding hydrogens is 168 g/mol. The molecule has 1 spiro atoms. The van der Waals surface area contributed by atoms with Crippen molar-refractivity contribution in [2.24, 2.45) is 11.3 Å². The summed E-state index contributed by atoms with van der Waals surface area (Å²) in [4.78, 5) is 10.8. The van der Waals surface area contributed by atoms with E-state index in [1.807, 2.05) is 0 Å². The van der Waals surface area contributed by atoms with E-state index >= 15 is 0 Å². The predicted octanol–water partition coefficient (Wildman–Crippen LogP) is 2.50. The van der Waals surface area contributed by atoms with Crippen LogP contribution in [0, 0.1) is 11.3 Å². The maximum Gasteiger partial charge on any atom is 0.129 e. The molecule has 2 unspecified atom stereocenters. The number of Topliss-reactive ketones (excluding diaryl/α,β-unsaturated/α-hetero) is 1. The lowest BCUT2D eigenvalue weighted by Crippen LogP contribution is -2.02. The number of ketones is 1. The molecule has 0 radical (unpaired) electrons. The van der Waals surface area contributed by atoms with Gasteiger partial charge >= 0.3 is 0 Å². The summed E-state index contributed by atoms with van der Waals surface area (Å²) in [6.07, 6.45) is 4.81. The van der Waals surface area contributed by atoms with Gasteiger partial charge in [-0.15, -0.1) is 0 Å². The van der Waals surface area contributed by atoms with Crippen molar-refractivity contribution in [3.8, 4) is 0 Å². The second kappa shape index (κ2) is 3.06. The highest BCUT2D eigenvalue weighted by Gasteiger charge is 2.54. The van der Waals surface area contributed by atoms with E-state index in [0.29, 0.717) is 11.2 Å². The first kappa shape index (κ1) is 8.61. The number of carbonyl (C=O) groups is 1. The fourth-order valence-corrected chi connectivity index (χ4v) is 3.92. The van der Waals surface area contributed by atoms with Gasteiger partial charge in [-0.2, -0.15) is 11.8 Å². The van der Waals surface area contributed by atoms with Crippen LogP contribution in [0.2, 0.25) is 0 Å². The maximum atomic E-state index is 10.8. The van der Waals surface area contributed by atoms with E-state index in [2.05, 4.69) is 11.8 Å². The van der Waals surface area contributed by atoms with Gasteiger partial charge in [-0.3, -0.25) is 0 Å². The zero-order chi connectivity index (χ0) is 8.60. The lowest BCUT2D eigenvalue weighted by Gasteiger charge is -2.05. The Hall–Kier alpha value is 0.0200. The van der Waals surface area contributed by atoms with Gasteiger partial charge in [0, 0.05) is 6.42 Å². The quantitative estimate of drug-likeness (QED) is 0.670. The van der Waals surface area contributed by atoms with Crippen LogP contribution < -0.4 is 0 Å². The molecule has 68 valence electrons. The maximum absolute atomic E-state index is 10.8. The molecule has 1 nitrogen and oxygen atoms in total. The molecule has 0 aromatic heterocycles. The third-order valence-corrected chi connectivity index (χ3v) is 4.61. The molecule has 0 N–H and O–H groups in total. The molecule has 1 saturated carbocycles. The first-order chi connectivity index (χ1) is 5.73. The topological polar surface area (TPSA) is 17.1 Å². The Balaban J connectivity index is 1.76. The van der Waals surface area contributed by atoms with Crippen LogP contribution in [0.5, 0.6) is 0 Å². The van der Waals surface area contributed by atoms with E-state index in [1.165, 1.54) is 24.3 Å². The molecule has 0 amide bonds. The van der Waals surface area contributed by atoms with Gasteiger partial charge in [-0.05, 0) is 49.0 Å². The molecule has 1 aliphatic carbocycles. The molecule has 1 saturated heterocycles. The SMILES string of the molecule is CC(=O)CCC1CC12CCSC2. The standard InChI is InChI=1S/C10H16OS/c1-8(11)2-3-9-6-10(9)4-5-12-7-10/h9H,2-7H2,1H3. The largest absolute Gasteiger partial charge is 0.300 e. The molecule has 1 aliphatic heterocycles. The third kappa shape index (κ3) is 1.54. The van der Waals surface area contributed by atoms with Crippen LogP contribution in [0.25, 0.3) is 0 Å². The summed E-state index contributed by atoms with van der Waals surface area (Å²) in [5, 5.41) is 0.